The van der Waals surface area contributed by atoms with Crippen molar-refractivity contribution in [2.45, 2.75) is 40.5 Å². The van der Waals surface area contributed by atoms with Crippen LogP contribution in [0.5, 0.6) is 0 Å². The molecule has 0 amide bonds. The van der Waals surface area contributed by atoms with E-state index in [1.54, 1.807) is 0 Å². The molecular weight excluding hydrogens is 379 g/mol. The SMILES string of the molecule is CCNC(=NCCCCN(CC)CC)NCCOCC.I. The third kappa shape index (κ3) is 14.6. The van der Waals surface area contributed by atoms with E-state index in [1.807, 2.05) is 6.92 Å². The zero-order valence-electron chi connectivity index (χ0n) is 14.3. The average Bonchev–Trinajstić information content (AvgIpc) is 2.47. The Morgan fingerprint density at radius 3 is 2.33 bits per heavy atom. The standard InChI is InChI=1S/C15H34N4O.HI/c1-5-16-15(18-12-14-20-8-4)17-11-9-10-13-19(6-2)7-3;/h5-14H2,1-4H3,(H2,16,17,18);1H. The van der Waals surface area contributed by atoms with Gasteiger partial charge in [-0.15, -0.1) is 24.0 Å². The maximum atomic E-state index is 5.31. The first kappa shape index (κ1) is 23.2. The molecule has 0 aromatic heterocycles. The summed E-state index contributed by atoms with van der Waals surface area (Å²) in [6, 6.07) is 0. The van der Waals surface area contributed by atoms with Gasteiger partial charge in [-0.2, -0.15) is 0 Å². The van der Waals surface area contributed by atoms with Crippen molar-refractivity contribution in [2.24, 2.45) is 4.99 Å². The van der Waals surface area contributed by atoms with Gasteiger partial charge in [-0.1, -0.05) is 13.8 Å². The van der Waals surface area contributed by atoms with E-state index in [0.29, 0.717) is 0 Å². The minimum atomic E-state index is 0. The molecule has 0 aromatic rings. The minimum absolute atomic E-state index is 0. The molecule has 0 radical (unpaired) electrons. The van der Waals surface area contributed by atoms with E-state index in [9.17, 15) is 0 Å². The molecule has 0 saturated heterocycles. The molecule has 2 N–H and O–H groups in total. The van der Waals surface area contributed by atoms with Crippen LogP contribution in [0.3, 0.4) is 0 Å². The smallest absolute Gasteiger partial charge is 0.191 e. The number of halogens is 1. The van der Waals surface area contributed by atoms with Crippen LogP contribution in [0.15, 0.2) is 4.99 Å². The Labute approximate surface area is 148 Å². The fourth-order valence-electron chi connectivity index (χ4n) is 1.91. The Morgan fingerprint density at radius 1 is 1.05 bits per heavy atom. The molecule has 128 valence electrons. The predicted molar refractivity (Wildman–Crippen MR) is 103 cm³/mol. The van der Waals surface area contributed by atoms with Crippen LogP contribution in [-0.4, -0.2) is 63.3 Å². The summed E-state index contributed by atoms with van der Waals surface area (Å²) in [7, 11) is 0. The number of ether oxygens (including phenoxy) is 1. The molecule has 21 heavy (non-hydrogen) atoms. The maximum Gasteiger partial charge on any atom is 0.191 e. The van der Waals surface area contributed by atoms with E-state index in [0.717, 1.165) is 58.3 Å². The second kappa shape index (κ2) is 18.0. The third-order valence-electron chi connectivity index (χ3n) is 3.13. The van der Waals surface area contributed by atoms with Gasteiger partial charge in [0, 0.05) is 26.2 Å². The van der Waals surface area contributed by atoms with E-state index >= 15 is 0 Å². The Hall–Kier alpha value is -0.0800. The van der Waals surface area contributed by atoms with Crippen molar-refractivity contribution in [1.82, 2.24) is 15.5 Å². The monoisotopic (exact) mass is 414 g/mol. The first-order valence-corrected chi connectivity index (χ1v) is 8.10. The molecule has 0 rings (SSSR count). The lowest BCUT2D eigenvalue weighted by Crippen LogP contribution is -2.39. The van der Waals surface area contributed by atoms with Crippen molar-refractivity contribution < 1.29 is 4.74 Å². The van der Waals surface area contributed by atoms with Crippen molar-refractivity contribution in [3.05, 3.63) is 0 Å². The lowest BCUT2D eigenvalue weighted by molar-refractivity contribution is 0.152. The van der Waals surface area contributed by atoms with E-state index in [2.05, 4.69) is 41.3 Å². The minimum Gasteiger partial charge on any atom is -0.380 e. The fraction of sp³-hybridized carbons (Fsp3) is 0.933. The van der Waals surface area contributed by atoms with Crippen molar-refractivity contribution in [2.75, 3.05) is 52.5 Å². The normalized spacial score (nSPS) is 11.4. The van der Waals surface area contributed by atoms with Crippen molar-refractivity contribution >= 4 is 29.9 Å². The van der Waals surface area contributed by atoms with Crippen LogP contribution >= 0.6 is 24.0 Å². The molecule has 0 heterocycles. The number of hydrogen-bond acceptors (Lipinski definition) is 3. The molecule has 0 fully saturated rings. The number of hydrogen-bond donors (Lipinski definition) is 2. The second-order valence-electron chi connectivity index (χ2n) is 4.62. The van der Waals surface area contributed by atoms with Gasteiger partial charge in [0.2, 0.25) is 0 Å². The molecule has 0 saturated carbocycles. The van der Waals surface area contributed by atoms with Crippen LogP contribution in [0.1, 0.15) is 40.5 Å². The average molecular weight is 414 g/mol. The highest BCUT2D eigenvalue weighted by atomic mass is 127. The van der Waals surface area contributed by atoms with Gasteiger partial charge < -0.3 is 20.3 Å². The predicted octanol–water partition coefficient (Wildman–Crippen LogP) is 2.32. The largest absolute Gasteiger partial charge is 0.380 e. The van der Waals surface area contributed by atoms with Crippen LogP contribution in [-0.2, 0) is 4.74 Å². The zero-order valence-corrected chi connectivity index (χ0v) is 16.6. The summed E-state index contributed by atoms with van der Waals surface area (Å²) in [6.07, 6.45) is 2.35. The summed E-state index contributed by atoms with van der Waals surface area (Å²) in [5.74, 6) is 0.898. The number of rotatable bonds is 12. The summed E-state index contributed by atoms with van der Waals surface area (Å²) in [5.41, 5.74) is 0. The van der Waals surface area contributed by atoms with Crippen molar-refractivity contribution in [1.29, 1.82) is 0 Å². The lowest BCUT2D eigenvalue weighted by atomic mass is 10.3. The highest BCUT2D eigenvalue weighted by Crippen LogP contribution is 1.95. The van der Waals surface area contributed by atoms with Crippen LogP contribution < -0.4 is 10.6 Å². The number of nitrogens with one attached hydrogen (secondary N) is 2. The van der Waals surface area contributed by atoms with Crippen LogP contribution in [0.25, 0.3) is 0 Å². The third-order valence-corrected chi connectivity index (χ3v) is 3.13. The van der Waals surface area contributed by atoms with Crippen LogP contribution in [0.4, 0.5) is 0 Å². The van der Waals surface area contributed by atoms with Gasteiger partial charge in [0.1, 0.15) is 0 Å². The van der Waals surface area contributed by atoms with Gasteiger partial charge in [0.15, 0.2) is 5.96 Å². The lowest BCUT2D eigenvalue weighted by Gasteiger charge is -2.17. The summed E-state index contributed by atoms with van der Waals surface area (Å²) in [4.78, 5) is 7.03. The van der Waals surface area contributed by atoms with Crippen molar-refractivity contribution in [3.63, 3.8) is 0 Å². The van der Waals surface area contributed by atoms with Crippen LogP contribution in [0, 0.1) is 0 Å². The summed E-state index contributed by atoms with van der Waals surface area (Å²) < 4.78 is 5.31. The fourth-order valence-corrected chi connectivity index (χ4v) is 1.91. The zero-order chi connectivity index (χ0) is 15.1. The molecule has 0 spiro atoms. The Bertz CT molecular complexity index is 236. The Balaban J connectivity index is 0. The highest BCUT2D eigenvalue weighted by Gasteiger charge is 1.99. The van der Waals surface area contributed by atoms with Gasteiger partial charge >= 0.3 is 0 Å². The second-order valence-corrected chi connectivity index (χ2v) is 4.62. The van der Waals surface area contributed by atoms with Crippen molar-refractivity contribution in [3.8, 4) is 0 Å². The molecule has 0 aliphatic carbocycles. The number of aliphatic imine (C=N–C) groups is 1. The molecule has 0 unspecified atom stereocenters. The van der Waals surface area contributed by atoms with E-state index in [-0.39, 0.29) is 24.0 Å². The Morgan fingerprint density at radius 2 is 1.76 bits per heavy atom. The molecule has 0 aromatic carbocycles. The molecule has 0 atom stereocenters. The van der Waals surface area contributed by atoms with Crippen LogP contribution in [0.2, 0.25) is 0 Å². The summed E-state index contributed by atoms with van der Waals surface area (Å²) >= 11 is 0. The van der Waals surface area contributed by atoms with Gasteiger partial charge in [-0.25, -0.2) is 0 Å². The first-order chi connectivity index (χ1) is 9.78. The molecule has 0 aliphatic rings. The molecular formula is C15H35IN4O. The van der Waals surface area contributed by atoms with E-state index in [4.69, 9.17) is 4.74 Å². The molecule has 0 aliphatic heterocycles. The topological polar surface area (TPSA) is 48.9 Å². The quantitative estimate of drug-likeness (QED) is 0.223. The first-order valence-electron chi connectivity index (χ1n) is 8.10. The van der Waals surface area contributed by atoms with Gasteiger partial charge in [-0.05, 0) is 46.3 Å². The van der Waals surface area contributed by atoms with E-state index < -0.39 is 0 Å². The summed E-state index contributed by atoms with van der Waals surface area (Å²) in [5, 5.41) is 6.54. The van der Waals surface area contributed by atoms with E-state index in [1.165, 1.54) is 13.0 Å². The highest BCUT2D eigenvalue weighted by molar-refractivity contribution is 14.0. The van der Waals surface area contributed by atoms with Gasteiger partial charge in [0.05, 0.1) is 6.61 Å². The number of unbranched alkanes of at least 4 members (excludes halogenated alkanes) is 1. The van der Waals surface area contributed by atoms with Gasteiger partial charge in [-0.3, -0.25) is 4.99 Å². The number of nitrogens with zero attached hydrogens (tertiary/aromatic N) is 2. The van der Waals surface area contributed by atoms with Gasteiger partial charge in [0.25, 0.3) is 0 Å². The molecule has 0 bridgehead atoms. The molecule has 6 heteroatoms. The Kier molecular flexibility index (Phi) is 19.8. The summed E-state index contributed by atoms with van der Waals surface area (Å²) in [6.45, 7) is 16.0. The number of guanidine groups is 1. The maximum absolute atomic E-state index is 5.31. The molecule has 5 nitrogen and oxygen atoms in total.